The van der Waals surface area contributed by atoms with Crippen LogP contribution in [0, 0.1) is 0 Å². The van der Waals surface area contributed by atoms with E-state index in [1.807, 2.05) is 30.5 Å². The van der Waals surface area contributed by atoms with Gasteiger partial charge in [-0.05, 0) is 42.2 Å². The smallest absolute Gasteiger partial charge is 0.115 e. The summed E-state index contributed by atoms with van der Waals surface area (Å²) in [5.41, 5.74) is 8.38. The molecule has 1 unspecified atom stereocenters. The van der Waals surface area contributed by atoms with E-state index in [0.717, 1.165) is 24.0 Å². The third-order valence-electron chi connectivity index (χ3n) is 2.65. The number of hydrogen-bond acceptors (Lipinski definition) is 3. The molecule has 17 heavy (non-hydrogen) atoms. The fraction of sp³-hybridized carbons (Fsp3) is 0.214. The number of benzene rings is 1. The highest BCUT2D eigenvalue weighted by Crippen LogP contribution is 2.12. The Morgan fingerprint density at radius 2 is 1.76 bits per heavy atom. The second kappa shape index (κ2) is 5.46. The minimum absolute atomic E-state index is 0.0729. The van der Waals surface area contributed by atoms with Crippen molar-refractivity contribution in [2.75, 3.05) is 0 Å². The summed E-state index contributed by atoms with van der Waals surface area (Å²) in [7, 11) is 0. The first-order valence-electron chi connectivity index (χ1n) is 5.66. The van der Waals surface area contributed by atoms with Gasteiger partial charge in [-0.3, -0.25) is 4.98 Å². The SMILES string of the molecule is NC(Cc1ccc(O)cc1)Cc1cccnc1. The van der Waals surface area contributed by atoms with E-state index in [2.05, 4.69) is 4.98 Å². The summed E-state index contributed by atoms with van der Waals surface area (Å²) >= 11 is 0. The summed E-state index contributed by atoms with van der Waals surface area (Å²) < 4.78 is 0. The molecule has 3 nitrogen and oxygen atoms in total. The molecule has 0 spiro atoms. The van der Waals surface area contributed by atoms with Crippen molar-refractivity contribution in [3.05, 3.63) is 59.9 Å². The lowest BCUT2D eigenvalue weighted by atomic mass is 10.0. The molecule has 0 amide bonds. The van der Waals surface area contributed by atoms with Crippen LogP contribution in [0.3, 0.4) is 0 Å². The van der Waals surface area contributed by atoms with Crippen molar-refractivity contribution in [1.82, 2.24) is 4.98 Å². The third kappa shape index (κ3) is 3.57. The molecule has 0 aliphatic carbocycles. The predicted octanol–water partition coefficient (Wildman–Crippen LogP) is 1.90. The molecule has 0 aliphatic heterocycles. The average Bonchev–Trinajstić information content (AvgIpc) is 2.33. The number of aromatic hydroxyl groups is 1. The fourth-order valence-electron chi connectivity index (χ4n) is 1.83. The first-order chi connectivity index (χ1) is 8.24. The van der Waals surface area contributed by atoms with Gasteiger partial charge in [0.1, 0.15) is 5.75 Å². The van der Waals surface area contributed by atoms with Crippen LogP contribution in [0.2, 0.25) is 0 Å². The molecule has 3 heteroatoms. The normalized spacial score (nSPS) is 12.3. The van der Waals surface area contributed by atoms with Crippen molar-refractivity contribution in [2.24, 2.45) is 5.73 Å². The minimum Gasteiger partial charge on any atom is -0.508 e. The third-order valence-corrected chi connectivity index (χ3v) is 2.65. The summed E-state index contributed by atoms with van der Waals surface area (Å²) in [5, 5.41) is 9.19. The van der Waals surface area contributed by atoms with Gasteiger partial charge in [0.05, 0.1) is 0 Å². The van der Waals surface area contributed by atoms with Gasteiger partial charge in [0.25, 0.3) is 0 Å². The van der Waals surface area contributed by atoms with E-state index in [1.165, 1.54) is 0 Å². The quantitative estimate of drug-likeness (QED) is 0.840. The molecular weight excluding hydrogens is 212 g/mol. The minimum atomic E-state index is 0.0729. The number of phenols is 1. The molecule has 88 valence electrons. The number of hydrogen-bond donors (Lipinski definition) is 2. The van der Waals surface area contributed by atoms with Crippen molar-refractivity contribution < 1.29 is 5.11 Å². The van der Waals surface area contributed by atoms with Gasteiger partial charge in [-0.15, -0.1) is 0 Å². The zero-order valence-corrected chi connectivity index (χ0v) is 9.58. The topological polar surface area (TPSA) is 59.1 Å². The van der Waals surface area contributed by atoms with E-state index < -0.39 is 0 Å². The Kier molecular flexibility index (Phi) is 3.73. The van der Waals surface area contributed by atoms with Gasteiger partial charge in [0.15, 0.2) is 0 Å². The lowest BCUT2D eigenvalue weighted by Gasteiger charge is -2.11. The number of pyridine rings is 1. The van der Waals surface area contributed by atoms with Gasteiger partial charge < -0.3 is 10.8 Å². The van der Waals surface area contributed by atoms with Crippen LogP contribution in [-0.2, 0) is 12.8 Å². The summed E-state index contributed by atoms with van der Waals surface area (Å²) in [6, 6.07) is 11.2. The molecule has 0 aliphatic rings. The van der Waals surface area contributed by atoms with Crippen LogP contribution in [0.5, 0.6) is 5.75 Å². The molecule has 0 radical (unpaired) electrons. The van der Waals surface area contributed by atoms with E-state index in [0.29, 0.717) is 0 Å². The highest BCUT2D eigenvalue weighted by molar-refractivity contribution is 5.26. The maximum absolute atomic E-state index is 9.19. The van der Waals surface area contributed by atoms with E-state index in [-0.39, 0.29) is 11.8 Å². The number of phenolic OH excluding ortho intramolecular Hbond substituents is 1. The molecule has 0 bridgehead atoms. The Morgan fingerprint density at radius 1 is 1.06 bits per heavy atom. The lowest BCUT2D eigenvalue weighted by Crippen LogP contribution is -2.25. The van der Waals surface area contributed by atoms with E-state index in [9.17, 15) is 5.11 Å². The molecule has 1 aromatic carbocycles. The average molecular weight is 228 g/mol. The van der Waals surface area contributed by atoms with E-state index in [1.54, 1.807) is 18.3 Å². The second-order valence-corrected chi connectivity index (χ2v) is 4.20. The van der Waals surface area contributed by atoms with Crippen molar-refractivity contribution in [1.29, 1.82) is 0 Å². The summed E-state index contributed by atoms with van der Waals surface area (Å²) in [5.74, 6) is 0.287. The zero-order valence-electron chi connectivity index (χ0n) is 9.58. The molecule has 0 saturated carbocycles. The van der Waals surface area contributed by atoms with Crippen molar-refractivity contribution in [3.63, 3.8) is 0 Å². The second-order valence-electron chi connectivity index (χ2n) is 4.20. The monoisotopic (exact) mass is 228 g/mol. The standard InChI is InChI=1S/C14H16N2O/c15-13(9-12-2-1-7-16-10-12)8-11-3-5-14(17)6-4-11/h1-7,10,13,17H,8-9,15H2. The molecule has 0 fully saturated rings. The summed E-state index contributed by atoms with van der Waals surface area (Å²) in [6.45, 7) is 0. The molecule has 3 N–H and O–H groups in total. The van der Waals surface area contributed by atoms with Crippen molar-refractivity contribution in [2.45, 2.75) is 18.9 Å². The maximum atomic E-state index is 9.19. The molecule has 2 rings (SSSR count). The molecule has 0 saturated heterocycles. The summed E-state index contributed by atoms with van der Waals surface area (Å²) in [6.07, 6.45) is 5.22. The van der Waals surface area contributed by atoms with Gasteiger partial charge >= 0.3 is 0 Å². The van der Waals surface area contributed by atoms with Crippen LogP contribution in [0.1, 0.15) is 11.1 Å². The van der Waals surface area contributed by atoms with E-state index in [4.69, 9.17) is 5.73 Å². The Balaban J connectivity index is 1.93. The van der Waals surface area contributed by atoms with Crippen LogP contribution in [0.4, 0.5) is 0 Å². The highest BCUT2D eigenvalue weighted by Gasteiger charge is 2.05. The van der Waals surface area contributed by atoms with Gasteiger partial charge in [0, 0.05) is 18.4 Å². The Morgan fingerprint density at radius 3 is 2.41 bits per heavy atom. The Labute approximate surface area is 101 Å². The zero-order chi connectivity index (χ0) is 12.1. The van der Waals surface area contributed by atoms with E-state index >= 15 is 0 Å². The van der Waals surface area contributed by atoms with Crippen molar-refractivity contribution in [3.8, 4) is 5.75 Å². The molecule has 1 heterocycles. The molecule has 1 aromatic heterocycles. The predicted molar refractivity (Wildman–Crippen MR) is 67.7 cm³/mol. The molecule has 2 aromatic rings. The van der Waals surface area contributed by atoms with Crippen LogP contribution < -0.4 is 5.73 Å². The number of aromatic nitrogens is 1. The first kappa shape index (κ1) is 11.6. The Hall–Kier alpha value is -1.87. The number of nitrogens with zero attached hydrogens (tertiary/aromatic N) is 1. The van der Waals surface area contributed by atoms with Gasteiger partial charge in [-0.25, -0.2) is 0 Å². The van der Waals surface area contributed by atoms with Gasteiger partial charge in [-0.2, -0.15) is 0 Å². The van der Waals surface area contributed by atoms with Crippen LogP contribution in [-0.4, -0.2) is 16.1 Å². The number of nitrogens with two attached hydrogens (primary N) is 1. The largest absolute Gasteiger partial charge is 0.508 e. The first-order valence-corrected chi connectivity index (χ1v) is 5.66. The molecular formula is C14H16N2O. The van der Waals surface area contributed by atoms with Gasteiger partial charge in [0.2, 0.25) is 0 Å². The maximum Gasteiger partial charge on any atom is 0.115 e. The fourth-order valence-corrected chi connectivity index (χ4v) is 1.83. The lowest BCUT2D eigenvalue weighted by molar-refractivity contribution is 0.475. The molecule has 1 atom stereocenters. The van der Waals surface area contributed by atoms with Crippen LogP contribution in [0.25, 0.3) is 0 Å². The number of rotatable bonds is 4. The van der Waals surface area contributed by atoms with Gasteiger partial charge in [-0.1, -0.05) is 18.2 Å². The van der Waals surface area contributed by atoms with Crippen LogP contribution >= 0.6 is 0 Å². The van der Waals surface area contributed by atoms with Crippen molar-refractivity contribution >= 4 is 0 Å². The Bertz CT molecular complexity index is 453. The summed E-state index contributed by atoms with van der Waals surface area (Å²) in [4.78, 5) is 4.07. The highest BCUT2D eigenvalue weighted by atomic mass is 16.3. The van der Waals surface area contributed by atoms with Crippen LogP contribution in [0.15, 0.2) is 48.8 Å².